The average Bonchev–Trinajstić information content (AvgIpc) is 3.09. The van der Waals surface area contributed by atoms with E-state index in [1.165, 1.54) is 0 Å². The number of nitrogen functional groups attached to an aromatic ring is 1. The highest BCUT2D eigenvalue weighted by Gasteiger charge is 2.17. The lowest BCUT2D eigenvalue weighted by Crippen LogP contribution is -2.36. The van der Waals surface area contributed by atoms with Crippen LogP contribution in [0.1, 0.15) is 13.8 Å². The Bertz CT molecular complexity index is 792. The van der Waals surface area contributed by atoms with Gasteiger partial charge in [0.1, 0.15) is 17.8 Å². The molecule has 7 heteroatoms. The number of hydrogen-bond acceptors (Lipinski definition) is 6. The number of aromatic nitrogens is 4. The number of nitrogens with one attached hydrogen (secondary N) is 1. The van der Waals surface area contributed by atoms with Crippen LogP contribution in [0.3, 0.4) is 0 Å². The van der Waals surface area contributed by atoms with Crippen molar-refractivity contribution in [1.82, 2.24) is 19.9 Å². The van der Waals surface area contributed by atoms with Gasteiger partial charge in [0.25, 0.3) is 0 Å². The first-order chi connectivity index (χ1) is 11.8. The second-order valence-electron chi connectivity index (χ2n) is 5.22. The molecule has 0 radical (unpaired) electrons. The minimum atomic E-state index is 0.647. The second-order valence-corrected chi connectivity index (χ2v) is 5.22. The number of nitrogens with two attached hydrogens (primary N) is 1. The number of anilines is 2. The van der Waals surface area contributed by atoms with E-state index in [9.17, 15) is 0 Å². The standard InChI is InChI=1S/C15H16N6O.C2H6/c16-10-1-2-12(17-8-10)13-7-11-14(20-13)18-9-19-15(11)21-3-5-22-6-4-21;1-2/h1-2,7-9H,3-6,16H2,(H,18,19,20);1-2H3. The Morgan fingerprint density at radius 1 is 1.12 bits per heavy atom. The molecule has 1 aliphatic rings. The van der Waals surface area contributed by atoms with E-state index in [4.69, 9.17) is 10.5 Å². The molecule has 0 unspecified atom stereocenters. The smallest absolute Gasteiger partial charge is 0.143 e. The number of ether oxygens (including phenoxy) is 1. The van der Waals surface area contributed by atoms with Crippen LogP contribution in [0.4, 0.5) is 11.5 Å². The van der Waals surface area contributed by atoms with Gasteiger partial charge in [-0.15, -0.1) is 0 Å². The van der Waals surface area contributed by atoms with E-state index in [-0.39, 0.29) is 0 Å². The minimum Gasteiger partial charge on any atom is -0.397 e. The highest BCUT2D eigenvalue weighted by Crippen LogP contribution is 2.28. The summed E-state index contributed by atoms with van der Waals surface area (Å²) >= 11 is 0. The van der Waals surface area contributed by atoms with Crippen LogP contribution in [-0.2, 0) is 4.74 Å². The van der Waals surface area contributed by atoms with Gasteiger partial charge in [-0.1, -0.05) is 13.8 Å². The zero-order chi connectivity index (χ0) is 16.9. The van der Waals surface area contributed by atoms with E-state index in [1.54, 1.807) is 12.5 Å². The lowest BCUT2D eigenvalue weighted by molar-refractivity contribution is 0.122. The molecule has 0 saturated carbocycles. The quantitative estimate of drug-likeness (QED) is 0.751. The van der Waals surface area contributed by atoms with Gasteiger partial charge in [0, 0.05) is 13.1 Å². The maximum absolute atomic E-state index is 5.69. The lowest BCUT2D eigenvalue weighted by atomic mass is 10.2. The normalized spacial score (nSPS) is 14.3. The van der Waals surface area contributed by atoms with Gasteiger partial charge >= 0.3 is 0 Å². The van der Waals surface area contributed by atoms with Gasteiger partial charge in [-0.25, -0.2) is 9.97 Å². The average molecular weight is 326 g/mol. The number of nitrogens with zero attached hydrogens (tertiary/aromatic N) is 4. The van der Waals surface area contributed by atoms with Gasteiger partial charge in [0.05, 0.1) is 41.9 Å². The van der Waals surface area contributed by atoms with E-state index in [1.807, 2.05) is 32.0 Å². The fourth-order valence-electron chi connectivity index (χ4n) is 2.66. The number of pyridine rings is 1. The topological polar surface area (TPSA) is 93.0 Å². The highest BCUT2D eigenvalue weighted by atomic mass is 16.5. The number of morpholine rings is 1. The van der Waals surface area contributed by atoms with Crippen molar-refractivity contribution >= 4 is 22.5 Å². The molecule has 24 heavy (non-hydrogen) atoms. The number of fused-ring (bicyclic) bond motifs is 1. The molecule has 4 rings (SSSR count). The van der Waals surface area contributed by atoms with Crippen molar-refractivity contribution in [2.45, 2.75) is 13.8 Å². The molecule has 126 valence electrons. The molecule has 0 bridgehead atoms. The van der Waals surface area contributed by atoms with Crippen LogP contribution in [0.2, 0.25) is 0 Å². The fourth-order valence-corrected chi connectivity index (χ4v) is 2.66. The van der Waals surface area contributed by atoms with Gasteiger partial charge < -0.3 is 20.4 Å². The van der Waals surface area contributed by atoms with Crippen LogP contribution >= 0.6 is 0 Å². The van der Waals surface area contributed by atoms with E-state index in [0.29, 0.717) is 5.69 Å². The first-order valence-electron chi connectivity index (χ1n) is 8.19. The maximum Gasteiger partial charge on any atom is 0.143 e. The van der Waals surface area contributed by atoms with Crippen molar-refractivity contribution in [3.05, 3.63) is 30.7 Å². The zero-order valence-corrected chi connectivity index (χ0v) is 14.0. The van der Waals surface area contributed by atoms with Gasteiger partial charge in [0.2, 0.25) is 0 Å². The summed E-state index contributed by atoms with van der Waals surface area (Å²) in [6.07, 6.45) is 3.24. The molecule has 0 atom stereocenters. The molecule has 3 aromatic heterocycles. The van der Waals surface area contributed by atoms with E-state index >= 15 is 0 Å². The van der Waals surface area contributed by atoms with Crippen molar-refractivity contribution in [2.24, 2.45) is 0 Å². The van der Waals surface area contributed by atoms with Crippen LogP contribution < -0.4 is 10.6 Å². The monoisotopic (exact) mass is 326 g/mol. The first-order valence-corrected chi connectivity index (χ1v) is 8.19. The van der Waals surface area contributed by atoms with E-state index in [2.05, 4.69) is 24.8 Å². The van der Waals surface area contributed by atoms with Gasteiger partial charge in [-0.05, 0) is 18.2 Å². The maximum atomic E-state index is 5.69. The van der Waals surface area contributed by atoms with Gasteiger partial charge in [-0.3, -0.25) is 4.98 Å². The Balaban J connectivity index is 0.000000815. The first kappa shape index (κ1) is 16.2. The minimum absolute atomic E-state index is 0.647. The molecular weight excluding hydrogens is 304 g/mol. The van der Waals surface area contributed by atoms with E-state index < -0.39 is 0 Å². The van der Waals surface area contributed by atoms with Crippen molar-refractivity contribution in [1.29, 1.82) is 0 Å². The molecule has 0 aromatic carbocycles. The van der Waals surface area contributed by atoms with Crippen LogP contribution in [-0.4, -0.2) is 46.2 Å². The molecule has 1 aliphatic heterocycles. The van der Waals surface area contributed by atoms with Crippen LogP contribution in [0.25, 0.3) is 22.4 Å². The molecule has 1 fully saturated rings. The summed E-state index contributed by atoms with van der Waals surface area (Å²) in [5.74, 6) is 0.936. The van der Waals surface area contributed by atoms with Crippen molar-refractivity contribution in [3.63, 3.8) is 0 Å². The number of aromatic amines is 1. The number of hydrogen-bond donors (Lipinski definition) is 2. The molecule has 7 nitrogen and oxygen atoms in total. The Hall–Kier alpha value is -2.67. The Morgan fingerprint density at radius 3 is 2.62 bits per heavy atom. The van der Waals surface area contributed by atoms with Crippen molar-refractivity contribution in [3.8, 4) is 11.4 Å². The molecule has 0 spiro atoms. The largest absolute Gasteiger partial charge is 0.397 e. The molecule has 3 N–H and O–H groups in total. The zero-order valence-electron chi connectivity index (χ0n) is 14.0. The summed E-state index contributed by atoms with van der Waals surface area (Å²) in [4.78, 5) is 18.6. The van der Waals surface area contributed by atoms with Crippen LogP contribution in [0.15, 0.2) is 30.7 Å². The summed E-state index contributed by atoms with van der Waals surface area (Å²) in [5, 5.41) is 0.998. The summed E-state index contributed by atoms with van der Waals surface area (Å²) < 4.78 is 5.40. The predicted molar refractivity (Wildman–Crippen MR) is 95.9 cm³/mol. The molecule has 3 aromatic rings. The third kappa shape index (κ3) is 3.16. The van der Waals surface area contributed by atoms with E-state index in [0.717, 1.165) is 54.5 Å². The van der Waals surface area contributed by atoms with Crippen LogP contribution in [0, 0.1) is 0 Å². The summed E-state index contributed by atoms with van der Waals surface area (Å²) in [6, 6.07) is 5.77. The number of rotatable bonds is 2. The van der Waals surface area contributed by atoms with Crippen LogP contribution in [0.5, 0.6) is 0 Å². The Kier molecular flexibility index (Phi) is 4.90. The Labute approximate surface area is 140 Å². The molecular formula is C17H22N6O. The SMILES string of the molecule is CC.Nc1ccc(-c2cc3c(N4CCOCC4)ncnc3[nH]2)nc1. The summed E-state index contributed by atoms with van der Waals surface area (Å²) in [6.45, 7) is 7.13. The fraction of sp³-hybridized carbons (Fsp3) is 0.353. The van der Waals surface area contributed by atoms with Gasteiger partial charge in [-0.2, -0.15) is 0 Å². The third-order valence-corrected chi connectivity index (χ3v) is 3.78. The second kappa shape index (κ2) is 7.27. The van der Waals surface area contributed by atoms with Gasteiger partial charge in [0.15, 0.2) is 0 Å². The lowest BCUT2D eigenvalue weighted by Gasteiger charge is -2.27. The summed E-state index contributed by atoms with van der Waals surface area (Å²) in [5.41, 5.74) is 8.89. The van der Waals surface area contributed by atoms with Crippen molar-refractivity contribution in [2.75, 3.05) is 36.9 Å². The molecule has 4 heterocycles. The summed E-state index contributed by atoms with van der Waals surface area (Å²) in [7, 11) is 0. The molecule has 1 saturated heterocycles. The molecule has 0 aliphatic carbocycles. The molecule has 0 amide bonds. The van der Waals surface area contributed by atoms with Crippen molar-refractivity contribution < 1.29 is 4.74 Å². The highest BCUT2D eigenvalue weighted by molar-refractivity contribution is 5.91. The number of H-pyrrole nitrogens is 1. The predicted octanol–water partition coefficient (Wildman–Crippen LogP) is 2.46. The third-order valence-electron chi connectivity index (χ3n) is 3.78. The Morgan fingerprint density at radius 2 is 1.92 bits per heavy atom.